The summed E-state index contributed by atoms with van der Waals surface area (Å²) < 4.78 is 0. The number of anilines is 1. The van der Waals surface area contributed by atoms with Crippen LogP contribution < -0.4 is 4.90 Å². The van der Waals surface area contributed by atoms with E-state index >= 15 is 0 Å². The third-order valence-corrected chi connectivity index (χ3v) is 3.40. The van der Waals surface area contributed by atoms with Crippen LogP contribution in [0.4, 0.5) is 10.5 Å². The van der Waals surface area contributed by atoms with E-state index in [2.05, 4.69) is 0 Å². The molecule has 1 aromatic carbocycles. The highest BCUT2D eigenvalue weighted by Crippen LogP contribution is 2.17. The van der Waals surface area contributed by atoms with Crippen LogP contribution in [0.2, 0.25) is 0 Å². The number of amides is 2. The first-order chi connectivity index (χ1) is 9.47. The molecule has 0 saturated carbocycles. The Morgan fingerprint density at radius 2 is 1.85 bits per heavy atom. The molecule has 1 rings (SSSR count). The number of rotatable bonds is 6. The van der Waals surface area contributed by atoms with Gasteiger partial charge in [-0.15, -0.1) is 0 Å². The van der Waals surface area contributed by atoms with E-state index in [9.17, 15) is 9.59 Å². The zero-order valence-electron chi connectivity index (χ0n) is 12.2. The molecule has 5 nitrogen and oxygen atoms in total. The van der Waals surface area contributed by atoms with Gasteiger partial charge < -0.3 is 10.0 Å². The highest BCUT2D eigenvalue weighted by molar-refractivity contribution is 5.92. The molecule has 0 bridgehead atoms. The number of hydrogen-bond acceptors (Lipinski definition) is 2. The van der Waals surface area contributed by atoms with Gasteiger partial charge in [-0.2, -0.15) is 0 Å². The molecule has 5 heteroatoms. The molecule has 0 aliphatic heterocycles. The number of carboxylic acid groups (broad SMARTS) is 1. The van der Waals surface area contributed by atoms with Gasteiger partial charge in [0.1, 0.15) is 0 Å². The number of benzene rings is 1. The summed E-state index contributed by atoms with van der Waals surface area (Å²) in [7, 11) is 1.74. The maximum absolute atomic E-state index is 12.5. The fourth-order valence-corrected chi connectivity index (χ4v) is 1.80. The molecule has 0 fully saturated rings. The van der Waals surface area contributed by atoms with Crippen LogP contribution in [0.1, 0.15) is 26.7 Å². The van der Waals surface area contributed by atoms with Gasteiger partial charge >= 0.3 is 12.0 Å². The topological polar surface area (TPSA) is 60.9 Å². The molecule has 2 amide bonds. The van der Waals surface area contributed by atoms with Crippen LogP contribution in [-0.2, 0) is 4.79 Å². The molecule has 110 valence electrons. The Balaban J connectivity index is 2.92. The van der Waals surface area contributed by atoms with Crippen molar-refractivity contribution in [1.82, 2.24) is 4.90 Å². The summed E-state index contributed by atoms with van der Waals surface area (Å²) in [5.41, 5.74) is 0.717. The largest absolute Gasteiger partial charge is 0.481 e. The Morgan fingerprint density at radius 1 is 1.25 bits per heavy atom. The number of aliphatic carboxylic acids is 1. The van der Waals surface area contributed by atoms with Crippen molar-refractivity contribution in [3.05, 3.63) is 30.3 Å². The summed E-state index contributed by atoms with van der Waals surface area (Å²) in [5, 5.41) is 8.83. The SMILES string of the molecule is CCC(C)N(C)C(=O)N(CCC(=O)O)c1ccccc1. The molecule has 1 aromatic rings. The molecule has 0 aromatic heterocycles. The minimum Gasteiger partial charge on any atom is -0.481 e. The van der Waals surface area contributed by atoms with Crippen LogP contribution >= 0.6 is 0 Å². The van der Waals surface area contributed by atoms with Gasteiger partial charge in [0.25, 0.3) is 0 Å². The second-order valence-corrected chi connectivity index (χ2v) is 4.78. The molecule has 0 radical (unpaired) electrons. The molecule has 20 heavy (non-hydrogen) atoms. The predicted octanol–water partition coefficient (Wildman–Crippen LogP) is 2.82. The first-order valence-corrected chi connectivity index (χ1v) is 6.78. The lowest BCUT2D eigenvalue weighted by atomic mass is 10.2. The first kappa shape index (κ1) is 16.0. The van der Waals surface area contributed by atoms with Crippen molar-refractivity contribution in [1.29, 1.82) is 0 Å². The van der Waals surface area contributed by atoms with Crippen molar-refractivity contribution in [2.45, 2.75) is 32.7 Å². The second kappa shape index (κ2) is 7.53. The van der Waals surface area contributed by atoms with Crippen LogP contribution in [0, 0.1) is 0 Å². The highest BCUT2D eigenvalue weighted by atomic mass is 16.4. The minimum atomic E-state index is -0.912. The molecule has 0 saturated heterocycles. The zero-order chi connectivity index (χ0) is 15.1. The maximum atomic E-state index is 12.5. The molecule has 0 spiro atoms. The van der Waals surface area contributed by atoms with Gasteiger partial charge in [0.2, 0.25) is 0 Å². The molecule has 1 atom stereocenters. The van der Waals surface area contributed by atoms with Crippen molar-refractivity contribution in [3.8, 4) is 0 Å². The second-order valence-electron chi connectivity index (χ2n) is 4.78. The van der Waals surface area contributed by atoms with Gasteiger partial charge in [-0.3, -0.25) is 9.69 Å². The Bertz CT molecular complexity index is 448. The summed E-state index contributed by atoms with van der Waals surface area (Å²) >= 11 is 0. The first-order valence-electron chi connectivity index (χ1n) is 6.78. The van der Waals surface area contributed by atoms with E-state index < -0.39 is 5.97 Å². The Morgan fingerprint density at radius 3 is 2.35 bits per heavy atom. The molecule has 0 aliphatic rings. The third kappa shape index (κ3) is 4.26. The number of carbonyl (C=O) groups is 2. The van der Waals surface area contributed by atoms with Crippen molar-refractivity contribution in [2.24, 2.45) is 0 Å². The molecular weight excluding hydrogens is 256 g/mol. The summed E-state index contributed by atoms with van der Waals surface area (Å²) in [6, 6.07) is 9.08. The predicted molar refractivity (Wildman–Crippen MR) is 79.0 cm³/mol. The van der Waals surface area contributed by atoms with Gasteiger partial charge in [-0.25, -0.2) is 4.79 Å². The summed E-state index contributed by atoms with van der Waals surface area (Å²) in [6.07, 6.45) is 0.777. The average molecular weight is 278 g/mol. The fourth-order valence-electron chi connectivity index (χ4n) is 1.80. The van der Waals surface area contributed by atoms with Crippen LogP contribution in [0.25, 0.3) is 0 Å². The molecular formula is C15H22N2O3. The number of para-hydroxylation sites is 1. The van der Waals surface area contributed by atoms with Crippen LogP contribution in [0.3, 0.4) is 0 Å². The monoisotopic (exact) mass is 278 g/mol. The van der Waals surface area contributed by atoms with Crippen LogP contribution in [0.15, 0.2) is 30.3 Å². The van der Waals surface area contributed by atoms with Gasteiger partial charge in [0.15, 0.2) is 0 Å². The van der Waals surface area contributed by atoms with Gasteiger partial charge in [-0.1, -0.05) is 25.1 Å². The molecule has 1 unspecified atom stereocenters. The van der Waals surface area contributed by atoms with Gasteiger partial charge in [-0.05, 0) is 25.5 Å². The quantitative estimate of drug-likeness (QED) is 0.870. The van der Waals surface area contributed by atoms with Crippen molar-refractivity contribution < 1.29 is 14.7 Å². The van der Waals surface area contributed by atoms with Gasteiger partial charge in [0.05, 0.1) is 6.42 Å². The Labute approximate surface area is 119 Å². The molecule has 0 aliphatic carbocycles. The lowest BCUT2D eigenvalue weighted by Crippen LogP contribution is -2.45. The lowest BCUT2D eigenvalue weighted by Gasteiger charge is -2.31. The van der Waals surface area contributed by atoms with E-state index in [4.69, 9.17) is 5.11 Å². The smallest absolute Gasteiger partial charge is 0.324 e. The third-order valence-electron chi connectivity index (χ3n) is 3.40. The number of carboxylic acids is 1. The van der Waals surface area contributed by atoms with Crippen LogP contribution in [-0.4, -0.2) is 41.6 Å². The van der Waals surface area contributed by atoms with E-state index in [1.54, 1.807) is 11.9 Å². The van der Waals surface area contributed by atoms with E-state index in [0.717, 1.165) is 6.42 Å². The highest BCUT2D eigenvalue weighted by Gasteiger charge is 2.22. The van der Waals surface area contributed by atoms with Crippen molar-refractivity contribution in [3.63, 3.8) is 0 Å². The van der Waals surface area contributed by atoms with Crippen LogP contribution in [0.5, 0.6) is 0 Å². The zero-order valence-corrected chi connectivity index (χ0v) is 12.2. The summed E-state index contributed by atoms with van der Waals surface area (Å²) in [5.74, 6) is -0.912. The van der Waals surface area contributed by atoms with E-state index in [-0.39, 0.29) is 25.0 Å². The lowest BCUT2D eigenvalue weighted by molar-refractivity contribution is -0.136. The molecule has 0 heterocycles. The number of hydrogen-bond donors (Lipinski definition) is 1. The normalized spacial score (nSPS) is 11.8. The molecule has 1 N–H and O–H groups in total. The van der Waals surface area contributed by atoms with Gasteiger partial charge in [0, 0.05) is 25.3 Å². The fraction of sp³-hybridized carbons (Fsp3) is 0.467. The minimum absolute atomic E-state index is 0.0744. The summed E-state index contributed by atoms with van der Waals surface area (Å²) in [4.78, 5) is 26.4. The Hall–Kier alpha value is -2.04. The summed E-state index contributed by atoms with van der Waals surface area (Å²) in [6.45, 7) is 4.15. The number of nitrogens with zero attached hydrogens (tertiary/aromatic N) is 2. The standard InChI is InChI=1S/C15H22N2O3/c1-4-12(2)16(3)15(20)17(11-10-14(18)19)13-8-6-5-7-9-13/h5-9,12H,4,10-11H2,1-3H3,(H,18,19). The van der Waals surface area contributed by atoms with Crippen molar-refractivity contribution in [2.75, 3.05) is 18.5 Å². The maximum Gasteiger partial charge on any atom is 0.324 e. The Kier molecular flexibility index (Phi) is 6.03. The van der Waals surface area contributed by atoms with E-state index in [0.29, 0.717) is 5.69 Å². The van der Waals surface area contributed by atoms with E-state index in [1.165, 1.54) is 4.90 Å². The number of carbonyl (C=O) groups excluding carboxylic acids is 1. The number of urea groups is 1. The average Bonchev–Trinajstić information content (AvgIpc) is 2.46. The van der Waals surface area contributed by atoms with Crippen molar-refractivity contribution >= 4 is 17.7 Å². The van der Waals surface area contributed by atoms with E-state index in [1.807, 2.05) is 44.2 Å².